The summed E-state index contributed by atoms with van der Waals surface area (Å²) >= 11 is 0. The SMILES string of the molecule is Cc1nn(C)c(C)c1C(=O)N1CCCCC1CC(C)O. The molecule has 2 atom stereocenters. The zero-order valence-electron chi connectivity index (χ0n) is 12.9. The molecule has 5 heteroatoms. The summed E-state index contributed by atoms with van der Waals surface area (Å²) in [6, 6.07) is 0.148. The molecule has 0 radical (unpaired) electrons. The molecule has 2 heterocycles. The number of rotatable bonds is 3. The van der Waals surface area contributed by atoms with Gasteiger partial charge in [0.25, 0.3) is 5.91 Å². The van der Waals surface area contributed by atoms with Crippen molar-refractivity contribution in [2.45, 2.75) is 58.6 Å². The molecule has 1 N–H and O–H groups in total. The van der Waals surface area contributed by atoms with Gasteiger partial charge in [0.05, 0.1) is 17.4 Å². The first-order valence-electron chi connectivity index (χ1n) is 7.41. The predicted molar refractivity (Wildman–Crippen MR) is 77.7 cm³/mol. The van der Waals surface area contributed by atoms with Crippen molar-refractivity contribution in [3.63, 3.8) is 0 Å². The van der Waals surface area contributed by atoms with Gasteiger partial charge >= 0.3 is 0 Å². The van der Waals surface area contributed by atoms with E-state index in [9.17, 15) is 9.90 Å². The molecule has 0 aromatic carbocycles. The van der Waals surface area contributed by atoms with Crippen LogP contribution in [0.3, 0.4) is 0 Å². The van der Waals surface area contributed by atoms with E-state index >= 15 is 0 Å². The minimum absolute atomic E-state index is 0.0680. The maximum atomic E-state index is 12.8. The first kappa shape index (κ1) is 15.0. The van der Waals surface area contributed by atoms with E-state index in [2.05, 4.69) is 5.10 Å². The Balaban J connectivity index is 2.25. The van der Waals surface area contributed by atoms with Crippen molar-refractivity contribution in [3.05, 3.63) is 17.0 Å². The monoisotopic (exact) mass is 279 g/mol. The van der Waals surface area contributed by atoms with Crippen molar-refractivity contribution in [1.82, 2.24) is 14.7 Å². The van der Waals surface area contributed by atoms with Gasteiger partial charge in [0.1, 0.15) is 0 Å². The maximum Gasteiger partial charge on any atom is 0.257 e. The second kappa shape index (κ2) is 5.95. The highest BCUT2D eigenvalue weighted by atomic mass is 16.3. The van der Waals surface area contributed by atoms with Crippen LogP contribution in [0.4, 0.5) is 0 Å². The van der Waals surface area contributed by atoms with Gasteiger partial charge < -0.3 is 10.0 Å². The first-order chi connectivity index (χ1) is 9.41. The number of carbonyl (C=O) groups excluding carboxylic acids is 1. The summed E-state index contributed by atoms with van der Waals surface area (Å²) in [5.74, 6) is 0.0680. The highest BCUT2D eigenvalue weighted by Gasteiger charge is 2.31. The molecule has 5 nitrogen and oxygen atoms in total. The van der Waals surface area contributed by atoms with E-state index in [1.165, 1.54) is 0 Å². The number of aryl methyl sites for hydroxylation is 2. The molecule has 2 unspecified atom stereocenters. The van der Waals surface area contributed by atoms with Gasteiger partial charge in [-0.25, -0.2) is 0 Å². The maximum absolute atomic E-state index is 12.8. The van der Waals surface area contributed by atoms with Gasteiger partial charge in [-0.05, 0) is 46.5 Å². The van der Waals surface area contributed by atoms with Crippen LogP contribution in [0, 0.1) is 13.8 Å². The average molecular weight is 279 g/mol. The molecule has 1 amide bonds. The van der Waals surface area contributed by atoms with Crippen LogP contribution < -0.4 is 0 Å². The van der Waals surface area contributed by atoms with Gasteiger partial charge in [-0.15, -0.1) is 0 Å². The Bertz CT molecular complexity index is 494. The second-order valence-electron chi connectivity index (χ2n) is 5.90. The zero-order valence-corrected chi connectivity index (χ0v) is 12.9. The van der Waals surface area contributed by atoms with Gasteiger partial charge in [-0.1, -0.05) is 0 Å². The summed E-state index contributed by atoms with van der Waals surface area (Å²) in [5, 5.41) is 14.0. The fraction of sp³-hybridized carbons (Fsp3) is 0.733. The van der Waals surface area contributed by atoms with Crippen molar-refractivity contribution in [3.8, 4) is 0 Å². The summed E-state index contributed by atoms with van der Waals surface area (Å²) in [7, 11) is 1.86. The van der Waals surface area contributed by atoms with Crippen LogP contribution in [0.5, 0.6) is 0 Å². The normalized spacial score (nSPS) is 21.1. The molecule has 0 aliphatic carbocycles. The topological polar surface area (TPSA) is 58.4 Å². The Morgan fingerprint density at radius 2 is 2.15 bits per heavy atom. The van der Waals surface area contributed by atoms with Gasteiger partial charge in [0.15, 0.2) is 0 Å². The first-order valence-corrected chi connectivity index (χ1v) is 7.41. The van der Waals surface area contributed by atoms with Crippen LogP contribution >= 0.6 is 0 Å². The van der Waals surface area contributed by atoms with Crippen LogP contribution in [-0.2, 0) is 7.05 Å². The fourth-order valence-electron chi connectivity index (χ4n) is 3.13. The second-order valence-corrected chi connectivity index (χ2v) is 5.90. The lowest BCUT2D eigenvalue weighted by Crippen LogP contribution is -2.45. The quantitative estimate of drug-likeness (QED) is 0.918. The number of aromatic nitrogens is 2. The van der Waals surface area contributed by atoms with E-state index in [4.69, 9.17) is 0 Å². The molecule has 1 aromatic heterocycles. The molecule has 112 valence electrons. The molecule has 0 spiro atoms. The molecule has 1 fully saturated rings. The summed E-state index contributed by atoms with van der Waals surface area (Å²) in [5.41, 5.74) is 2.43. The van der Waals surface area contributed by atoms with Gasteiger partial charge in [-0.2, -0.15) is 5.10 Å². The van der Waals surface area contributed by atoms with Crippen LogP contribution in [-0.4, -0.2) is 44.4 Å². The number of carbonyl (C=O) groups is 1. The van der Waals surface area contributed by atoms with E-state index in [-0.39, 0.29) is 18.1 Å². The number of piperidine rings is 1. The highest BCUT2D eigenvalue weighted by molar-refractivity contribution is 5.96. The molecule has 1 aliphatic rings. The van der Waals surface area contributed by atoms with E-state index in [1.54, 1.807) is 11.6 Å². The lowest BCUT2D eigenvalue weighted by molar-refractivity contribution is 0.0513. The van der Waals surface area contributed by atoms with Crippen LogP contribution in [0.15, 0.2) is 0 Å². The lowest BCUT2D eigenvalue weighted by Gasteiger charge is -2.36. The molecule has 1 saturated heterocycles. The molecular weight excluding hydrogens is 254 g/mol. The van der Waals surface area contributed by atoms with Crippen LogP contribution in [0.1, 0.15) is 54.4 Å². The van der Waals surface area contributed by atoms with Crippen molar-refractivity contribution in [2.24, 2.45) is 7.05 Å². The van der Waals surface area contributed by atoms with E-state index in [0.717, 1.165) is 42.8 Å². The third-order valence-electron chi connectivity index (χ3n) is 4.22. The Morgan fingerprint density at radius 3 is 2.70 bits per heavy atom. The van der Waals surface area contributed by atoms with Crippen molar-refractivity contribution in [1.29, 1.82) is 0 Å². The minimum atomic E-state index is -0.371. The van der Waals surface area contributed by atoms with Crippen LogP contribution in [0.2, 0.25) is 0 Å². The number of hydrogen-bond acceptors (Lipinski definition) is 3. The van der Waals surface area contributed by atoms with Gasteiger partial charge in [0.2, 0.25) is 0 Å². The third kappa shape index (κ3) is 2.87. The highest BCUT2D eigenvalue weighted by Crippen LogP contribution is 2.25. The Hall–Kier alpha value is -1.36. The van der Waals surface area contributed by atoms with Gasteiger partial charge in [0, 0.05) is 25.3 Å². The van der Waals surface area contributed by atoms with Crippen molar-refractivity contribution >= 4 is 5.91 Å². The number of aliphatic hydroxyl groups excluding tert-OH is 1. The molecule has 1 aromatic rings. The summed E-state index contributed by atoms with van der Waals surface area (Å²) in [6.45, 7) is 6.39. The van der Waals surface area contributed by atoms with E-state index < -0.39 is 0 Å². The number of hydrogen-bond donors (Lipinski definition) is 1. The number of nitrogens with zero attached hydrogens (tertiary/aromatic N) is 3. The fourth-order valence-corrected chi connectivity index (χ4v) is 3.13. The molecule has 0 bridgehead atoms. The Morgan fingerprint density at radius 1 is 1.45 bits per heavy atom. The standard InChI is InChI=1S/C15H25N3O2/c1-10(19)9-13-7-5-6-8-18(13)15(20)14-11(2)16-17(4)12(14)3/h10,13,19H,5-9H2,1-4H3. The van der Waals surface area contributed by atoms with Gasteiger partial charge in [-0.3, -0.25) is 9.48 Å². The Labute approximate surface area is 120 Å². The number of likely N-dealkylation sites (tertiary alicyclic amines) is 1. The largest absolute Gasteiger partial charge is 0.393 e. The lowest BCUT2D eigenvalue weighted by atomic mass is 9.96. The summed E-state index contributed by atoms with van der Waals surface area (Å²) in [6.07, 6.45) is 3.44. The predicted octanol–water partition coefficient (Wildman–Crippen LogP) is 1.80. The third-order valence-corrected chi connectivity index (χ3v) is 4.22. The summed E-state index contributed by atoms with van der Waals surface area (Å²) in [4.78, 5) is 14.8. The molecular formula is C15H25N3O2. The summed E-state index contributed by atoms with van der Waals surface area (Å²) < 4.78 is 1.76. The minimum Gasteiger partial charge on any atom is -0.393 e. The zero-order chi connectivity index (χ0) is 14.9. The van der Waals surface area contributed by atoms with E-state index in [0.29, 0.717) is 6.42 Å². The van der Waals surface area contributed by atoms with Crippen molar-refractivity contribution in [2.75, 3.05) is 6.54 Å². The molecule has 2 rings (SSSR count). The number of aliphatic hydroxyl groups is 1. The van der Waals surface area contributed by atoms with Crippen LogP contribution in [0.25, 0.3) is 0 Å². The van der Waals surface area contributed by atoms with E-state index in [1.807, 2.05) is 25.8 Å². The smallest absolute Gasteiger partial charge is 0.257 e. The average Bonchev–Trinajstić information content (AvgIpc) is 2.62. The number of amides is 1. The molecule has 0 saturated carbocycles. The molecule has 20 heavy (non-hydrogen) atoms. The Kier molecular flexibility index (Phi) is 4.48. The molecule has 1 aliphatic heterocycles. The van der Waals surface area contributed by atoms with Crippen molar-refractivity contribution < 1.29 is 9.90 Å².